The lowest BCUT2D eigenvalue weighted by Gasteiger charge is -2.24. The number of alkyl carbamates (subject to hydrolysis) is 1. The number of halogens is 2. The molecule has 1 fully saturated rings. The topological polar surface area (TPSA) is 38.3 Å². The molecule has 0 radical (unpaired) electrons. The van der Waals surface area contributed by atoms with Crippen LogP contribution in [0.15, 0.2) is 27.1 Å². The van der Waals surface area contributed by atoms with Gasteiger partial charge in [-0.25, -0.2) is 4.79 Å². The van der Waals surface area contributed by atoms with E-state index < -0.39 is 0 Å². The van der Waals surface area contributed by atoms with E-state index >= 15 is 0 Å². The number of benzene rings is 1. The summed E-state index contributed by atoms with van der Waals surface area (Å²) in [5.41, 5.74) is 1.07. The van der Waals surface area contributed by atoms with Crippen molar-refractivity contribution in [1.29, 1.82) is 0 Å². The monoisotopic (exact) mass is 333 g/mol. The molecule has 1 N–H and O–H groups in total. The van der Waals surface area contributed by atoms with Crippen molar-refractivity contribution in [3.05, 3.63) is 32.7 Å². The zero-order valence-electron chi connectivity index (χ0n) is 7.80. The van der Waals surface area contributed by atoms with E-state index in [0.717, 1.165) is 20.9 Å². The molecule has 0 aromatic heterocycles. The van der Waals surface area contributed by atoms with Crippen LogP contribution in [0.25, 0.3) is 0 Å². The molecule has 80 valence electrons. The van der Waals surface area contributed by atoms with E-state index in [1.165, 1.54) is 0 Å². The first-order valence-electron chi connectivity index (χ1n) is 4.55. The lowest BCUT2D eigenvalue weighted by atomic mass is 10.0. The van der Waals surface area contributed by atoms with Gasteiger partial charge in [0.25, 0.3) is 0 Å². The number of rotatable bonds is 1. The molecule has 1 aromatic rings. The third kappa shape index (κ3) is 2.52. The standard InChI is InChI=1S/C10H9Br2NO2/c11-6-1-2-8(12)7(5-6)9-3-4-15-10(14)13-9/h1-2,5,9H,3-4H2,(H,13,14)/t9-/m1/s1. The third-order valence-electron chi connectivity index (χ3n) is 2.27. The van der Waals surface area contributed by atoms with Crippen LogP contribution >= 0.6 is 31.9 Å². The van der Waals surface area contributed by atoms with Crippen LogP contribution in [0.3, 0.4) is 0 Å². The molecule has 2 rings (SSSR count). The number of hydrogen-bond acceptors (Lipinski definition) is 2. The maximum absolute atomic E-state index is 11.1. The fraction of sp³-hybridized carbons (Fsp3) is 0.300. The van der Waals surface area contributed by atoms with Crippen LogP contribution in [0.4, 0.5) is 4.79 Å². The van der Waals surface area contributed by atoms with Crippen LogP contribution in [0.1, 0.15) is 18.0 Å². The van der Waals surface area contributed by atoms with Gasteiger partial charge in [-0.1, -0.05) is 31.9 Å². The fourth-order valence-corrected chi connectivity index (χ4v) is 2.44. The van der Waals surface area contributed by atoms with Gasteiger partial charge in [0.2, 0.25) is 0 Å². The van der Waals surface area contributed by atoms with Crippen LogP contribution in [0.2, 0.25) is 0 Å². The van der Waals surface area contributed by atoms with Crippen molar-refractivity contribution < 1.29 is 9.53 Å². The van der Waals surface area contributed by atoms with Gasteiger partial charge >= 0.3 is 6.09 Å². The Kier molecular flexibility index (Phi) is 3.31. The van der Waals surface area contributed by atoms with Crippen LogP contribution < -0.4 is 5.32 Å². The second-order valence-electron chi connectivity index (χ2n) is 3.29. The molecule has 0 bridgehead atoms. The minimum Gasteiger partial charge on any atom is -0.449 e. The average Bonchev–Trinajstić information content (AvgIpc) is 2.22. The highest BCUT2D eigenvalue weighted by molar-refractivity contribution is 9.11. The van der Waals surface area contributed by atoms with E-state index in [0.29, 0.717) is 6.61 Å². The van der Waals surface area contributed by atoms with Crippen LogP contribution in [-0.4, -0.2) is 12.7 Å². The zero-order chi connectivity index (χ0) is 10.8. The molecule has 3 nitrogen and oxygen atoms in total. The number of amides is 1. The van der Waals surface area contributed by atoms with Crippen molar-refractivity contribution in [2.45, 2.75) is 12.5 Å². The first kappa shape index (κ1) is 11.0. The molecule has 0 unspecified atom stereocenters. The molecule has 5 heteroatoms. The maximum atomic E-state index is 11.1. The maximum Gasteiger partial charge on any atom is 0.407 e. The van der Waals surface area contributed by atoms with Gasteiger partial charge in [-0.15, -0.1) is 0 Å². The van der Waals surface area contributed by atoms with Crippen molar-refractivity contribution in [3.8, 4) is 0 Å². The zero-order valence-corrected chi connectivity index (χ0v) is 11.0. The molecular weight excluding hydrogens is 326 g/mol. The summed E-state index contributed by atoms with van der Waals surface area (Å²) in [5.74, 6) is 0. The Morgan fingerprint density at radius 1 is 1.40 bits per heavy atom. The van der Waals surface area contributed by atoms with Gasteiger partial charge in [-0.2, -0.15) is 0 Å². The molecule has 1 amide bonds. The number of ether oxygens (including phenoxy) is 1. The molecule has 0 saturated carbocycles. The predicted molar refractivity (Wildman–Crippen MR) is 63.7 cm³/mol. The van der Waals surface area contributed by atoms with Crippen molar-refractivity contribution in [2.75, 3.05) is 6.61 Å². The van der Waals surface area contributed by atoms with E-state index in [1.807, 2.05) is 18.2 Å². The van der Waals surface area contributed by atoms with Gasteiger partial charge in [-0.3, -0.25) is 0 Å². The summed E-state index contributed by atoms with van der Waals surface area (Å²) in [7, 11) is 0. The quantitative estimate of drug-likeness (QED) is 0.855. The number of carbonyl (C=O) groups excluding carboxylic acids is 1. The van der Waals surface area contributed by atoms with E-state index in [4.69, 9.17) is 4.74 Å². The average molecular weight is 335 g/mol. The molecule has 0 spiro atoms. The number of cyclic esters (lactones) is 1. The van der Waals surface area contributed by atoms with E-state index in [9.17, 15) is 4.79 Å². The highest BCUT2D eigenvalue weighted by atomic mass is 79.9. The largest absolute Gasteiger partial charge is 0.449 e. The molecule has 1 atom stereocenters. The lowest BCUT2D eigenvalue weighted by Crippen LogP contribution is -2.35. The van der Waals surface area contributed by atoms with Crippen molar-refractivity contribution in [2.24, 2.45) is 0 Å². The van der Waals surface area contributed by atoms with E-state index in [2.05, 4.69) is 37.2 Å². The summed E-state index contributed by atoms with van der Waals surface area (Å²) in [6, 6.07) is 5.94. The third-order valence-corrected chi connectivity index (χ3v) is 3.48. The van der Waals surface area contributed by atoms with Gasteiger partial charge in [0.05, 0.1) is 12.6 Å². The Hall–Kier alpha value is -0.550. The summed E-state index contributed by atoms with van der Waals surface area (Å²) >= 11 is 6.89. The Balaban J connectivity index is 2.27. The second-order valence-corrected chi connectivity index (χ2v) is 5.06. The summed E-state index contributed by atoms with van der Waals surface area (Å²) < 4.78 is 6.82. The number of nitrogens with one attached hydrogen (secondary N) is 1. The van der Waals surface area contributed by atoms with Crippen LogP contribution in [0, 0.1) is 0 Å². The molecule has 1 aromatic carbocycles. The molecule has 1 heterocycles. The number of carbonyl (C=O) groups is 1. The fourth-order valence-electron chi connectivity index (χ4n) is 1.54. The van der Waals surface area contributed by atoms with Gasteiger partial charge in [0.15, 0.2) is 0 Å². The Labute approximate surface area is 104 Å². The summed E-state index contributed by atoms with van der Waals surface area (Å²) in [6.45, 7) is 0.468. The summed E-state index contributed by atoms with van der Waals surface area (Å²) in [5, 5.41) is 2.79. The van der Waals surface area contributed by atoms with E-state index in [-0.39, 0.29) is 12.1 Å². The Morgan fingerprint density at radius 2 is 2.20 bits per heavy atom. The molecule has 15 heavy (non-hydrogen) atoms. The second kappa shape index (κ2) is 4.53. The van der Waals surface area contributed by atoms with Gasteiger partial charge in [0, 0.05) is 15.4 Å². The molecule has 1 aliphatic heterocycles. The van der Waals surface area contributed by atoms with Gasteiger partial charge in [0.1, 0.15) is 0 Å². The van der Waals surface area contributed by atoms with Crippen LogP contribution in [-0.2, 0) is 4.74 Å². The minimum atomic E-state index is -0.349. The van der Waals surface area contributed by atoms with Gasteiger partial charge < -0.3 is 10.1 Å². The van der Waals surface area contributed by atoms with Crippen LogP contribution in [0.5, 0.6) is 0 Å². The van der Waals surface area contributed by atoms with Crippen molar-refractivity contribution in [3.63, 3.8) is 0 Å². The highest BCUT2D eigenvalue weighted by Crippen LogP contribution is 2.29. The molecular formula is C10H9Br2NO2. The Morgan fingerprint density at radius 3 is 2.93 bits per heavy atom. The first-order chi connectivity index (χ1) is 7.16. The highest BCUT2D eigenvalue weighted by Gasteiger charge is 2.22. The first-order valence-corrected chi connectivity index (χ1v) is 6.13. The Bertz CT molecular complexity index is 395. The van der Waals surface area contributed by atoms with E-state index in [1.54, 1.807) is 0 Å². The molecule has 1 aliphatic rings. The summed E-state index contributed by atoms with van der Waals surface area (Å²) in [6.07, 6.45) is 0.443. The smallest absolute Gasteiger partial charge is 0.407 e. The number of hydrogen-bond donors (Lipinski definition) is 1. The predicted octanol–water partition coefficient (Wildman–Crippen LogP) is 3.38. The van der Waals surface area contributed by atoms with Crippen molar-refractivity contribution >= 4 is 38.0 Å². The summed E-state index contributed by atoms with van der Waals surface area (Å²) in [4.78, 5) is 11.1. The normalized spacial score (nSPS) is 20.7. The van der Waals surface area contributed by atoms with Crippen molar-refractivity contribution in [1.82, 2.24) is 5.32 Å². The van der Waals surface area contributed by atoms with Gasteiger partial charge in [-0.05, 0) is 23.8 Å². The molecule has 0 aliphatic carbocycles. The minimum absolute atomic E-state index is 0.0260. The SMILES string of the molecule is O=C1N[C@@H](c2cc(Br)ccc2Br)CCO1. The molecule has 1 saturated heterocycles. The lowest BCUT2D eigenvalue weighted by molar-refractivity contribution is 0.115.